The van der Waals surface area contributed by atoms with E-state index in [0.717, 1.165) is 16.9 Å². The number of aryl methyl sites for hydroxylation is 1. The fourth-order valence-electron chi connectivity index (χ4n) is 1.39. The summed E-state index contributed by atoms with van der Waals surface area (Å²) in [7, 11) is 1.62. The van der Waals surface area contributed by atoms with Gasteiger partial charge in [0.25, 0.3) is 0 Å². The number of hydrogen-bond donors (Lipinski definition) is 2. The molecule has 0 heterocycles. The molecule has 0 aromatic heterocycles. The van der Waals surface area contributed by atoms with Gasteiger partial charge in [0.05, 0.1) is 13.2 Å². The smallest absolute Gasteiger partial charge is 0.119 e. The molecule has 1 aromatic rings. The van der Waals surface area contributed by atoms with E-state index in [9.17, 15) is 5.11 Å². The first kappa shape index (κ1) is 11.0. The highest BCUT2D eigenvalue weighted by Gasteiger charge is 2.14. The molecule has 3 nitrogen and oxygen atoms in total. The van der Waals surface area contributed by atoms with Gasteiger partial charge in [0.1, 0.15) is 5.75 Å². The van der Waals surface area contributed by atoms with Crippen molar-refractivity contribution in [3.63, 3.8) is 0 Å². The lowest BCUT2D eigenvalue weighted by Gasteiger charge is -2.17. The number of benzene rings is 1. The normalized spacial score (nSPS) is 14.9. The Morgan fingerprint density at radius 2 is 2.07 bits per heavy atom. The van der Waals surface area contributed by atoms with Crippen molar-refractivity contribution in [1.29, 1.82) is 0 Å². The van der Waals surface area contributed by atoms with E-state index in [1.807, 2.05) is 25.1 Å². The Kier molecular flexibility index (Phi) is 3.49. The number of aliphatic hydroxyl groups is 1. The fourth-order valence-corrected chi connectivity index (χ4v) is 1.39. The fraction of sp³-hybridized carbons (Fsp3) is 0.455. The lowest BCUT2D eigenvalue weighted by atomic mass is 9.99. The Hall–Kier alpha value is -1.06. The van der Waals surface area contributed by atoms with Crippen LogP contribution in [0.3, 0.4) is 0 Å². The molecule has 0 saturated carbocycles. The highest BCUT2D eigenvalue weighted by molar-refractivity contribution is 5.36. The maximum atomic E-state index is 9.78. The zero-order valence-corrected chi connectivity index (χ0v) is 8.82. The predicted octanol–water partition coefficient (Wildman–Crippen LogP) is 1.38. The van der Waals surface area contributed by atoms with Crippen molar-refractivity contribution in [1.82, 2.24) is 0 Å². The van der Waals surface area contributed by atoms with E-state index in [2.05, 4.69) is 0 Å². The average Bonchev–Trinajstić information content (AvgIpc) is 2.16. The first-order chi connectivity index (χ1) is 6.56. The number of nitrogens with two attached hydrogens (primary N) is 1. The van der Waals surface area contributed by atoms with Gasteiger partial charge >= 0.3 is 0 Å². The summed E-state index contributed by atoms with van der Waals surface area (Å²) in [6.07, 6.45) is -0.610. The standard InChI is InChI=1S/C11H17NO2/c1-7-6-9(14-3)4-5-10(7)11(13)8(2)12/h4-6,8,11,13H,12H2,1-3H3/t8-,11-/m1/s1. The third-order valence-electron chi connectivity index (χ3n) is 2.29. The molecule has 0 aliphatic rings. The third kappa shape index (κ3) is 2.25. The van der Waals surface area contributed by atoms with Gasteiger partial charge in [-0.25, -0.2) is 0 Å². The number of rotatable bonds is 3. The van der Waals surface area contributed by atoms with Crippen LogP contribution in [0, 0.1) is 6.92 Å². The minimum atomic E-state index is -0.610. The van der Waals surface area contributed by atoms with Gasteiger partial charge in [-0.3, -0.25) is 0 Å². The second-order valence-corrected chi connectivity index (χ2v) is 3.53. The van der Waals surface area contributed by atoms with Gasteiger partial charge in [0.15, 0.2) is 0 Å². The van der Waals surface area contributed by atoms with Gasteiger partial charge in [-0.05, 0) is 37.1 Å². The number of methoxy groups -OCH3 is 1. The van der Waals surface area contributed by atoms with Crippen LogP contribution in [-0.4, -0.2) is 18.3 Å². The van der Waals surface area contributed by atoms with Crippen molar-refractivity contribution < 1.29 is 9.84 Å². The van der Waals surface area contributed by atoms with Crippen LogP contribution in [0.5, 0.6) is 5.75 Å². The van der Waals surface area contributed by atoms with Crippen molar-refractivity contribution in [2.24, 2.45) is 5.73 Å². The molecule has 3 N–H and O–H groups in total. The Morgan fingerprint density at radius 1 is 1.43 bits per heavy atom. The maximum absolute atomic E-state index is 9.78. The summed E-state index contributed by atoms with van der Waals surface area (Å²) in [6, 6.07) is 5.30. The predicted molar refractivity (Wildman–Crippen MR) is 56.3 cm³/mol. The van der Waals surface area contributed by atoms with Gasteiger partial charge in [-0.1, -0.05) is 6.07 Å². The Morgan fingerprint density at radius 3 is 2.50 bits per heavy atom. The van der Waals surface area contributed by atoms with Crippen LogP contribution in [0.25, 0.3) is 0 Å². The van der Waals surface area contributed by atoms with Crippen LogP contribution in [-0.2, 0) is 0 Å². The highest BCUT2D eigenvalue weighted by Crippen LogP contribution is 2.23. The molecule has 1 rings (SSSR count). The molecule has 2 atom stereocenters. The number of ether oxygens (including phenoxy) is 1. The summed E-state index contributed by atoms with van der Waals surface area (Å²) in [5, 5.41) is 9.78. The Labute approximate surface area is 84.5 Å². The monoisotopic (exact) mass is 195 g/mol. The summed E-state index contributed by atoms with van der Waals surface area (Å²) >= 11 is 0. The Bertz CT molecular complexity index is 310. The van der Waals surface area contributed by atoms with Crippen molar-refractivity contribution in [2.45, 2.75) is 26.0 Å². The van der Waals surface area contributed by atoms with E-state index < -0.39 is 6.10 Å². The molecule has 0 amide bonds. The molecule has 14 heavy (non-hydrogen) atoms. The van der Waals surface area contributed by atoms with Crippen molar-refractivity contribution in [2.75, 3.05) is 7.11 Å². The zero-order valence-electron chi connectivity index (χ0n) is 8.82. The molecular formula is C11H17NO2. The van der Waals surface area contributed by atoms with Gasteiger partial charge in [-0.15, -0.1) is 0 Å². The largest absolute Gasteiger partial charge is 0.497 e. The molecule has 1 aromatic carbocycles. The van der Waals surface area contributed by atoms with Gasteiger partial charge in [-0.2, -0.15) is 0 Å². The molecule has 0 unspecified atom stereocenters. The number of hydrogen-bond acceptors (Lipinski definition) is 3. The zero-order chi connectivity index (χ0) is 10.7. The van der Waals surface area contributed by atoms with Crippen LogP contribution in [0.15, 0.2) is 18.2 Å². The van der Waals surface area contributed by atoms with Crippen molar-refractivity contribution >= 4 is 0 Å². The van der Waals surface area contributed by atoms with Crippen LogP contribution in [0.2, 0.25) is 0 Å². The van der Waals surface area contributed by atoms with E-state index in [1.165, 1.54) is 0 Å². The molecule has 0 spiro atoms. The van der Waals surface area contributed by atoms with E-state index in [4.69, 9.17) is 10.5 Å². The van der Waals surface area contributed by atoms with E-state index in [-0.39, 0.29) is 6.04 Å². The lowest BCUT2D eigenvalue weighted by molar-refractivity contribution is 0.152. The molecule has 78 valence electrons. The van der Waals surface area contributed by atoms with E-state index >= 15 is 0 Å². The molecular weight excluding hydrogens is 178 g/mol. The minimum Gasteiger partial charge on any atom is -0.497 e. The second-order valence-electron chi connectivity index (χ2n) is 3.53. The molecule has 0 aliphatic heterocycles. The summed E-state index contributed by atoms with van der Waals surface area (Å²) < 4.78 is 5.08. The van der Waals surface area contributed by atoms with E-state index in [1.54, 1.807) is 14.0 Å². The molecule has 0 bridgehead atoms. The van der Waals surface area contributed by atoms with Crippen LogP contribution in [0.1, 0.15) is 24.2 Å². The summed E-state index contributed by atoms with van der Waals surface area (Å²) in [6.45, 7) is 3.72. The summed E-state index contributed by atoms with van der Waals surface area (Å²) in [4.78, 5) is 0. The quantitative estimate of drug-likeness (QED) is 0.766. The molecule has 0 radical (unpaired) electrons. The third-order valence-corrected chi connectivity index (χ3v) is 2.29. The summed E-state index contributed by atoms with van der Waals surface area (Å²) in [5.41, 5.74) is 7.48. The molecule has 0 saturated heterocycles. The van der Waals surface area contributed by atoms with Gasteiger partial charge < -0.3 is 15.6 Å². The molecule has 3 heteroatoms. The average molecular weight is 195 g/mol. The highest BCUT2D eigenvalue weighted by atomic mass is 16.5. The first-order valence-corrected chi connectivity index (χ1v) is 4.64. The first-order valence-electron chi connectivity index (χ1n) is 4.64. The van der Waals surface area contributed by atoms with Crippen LogP contribution < -0.4 is 10.5 Å². The SMILES string of the molecule is COc1ccc([C@H](O)[C@@H](C)N)c(C)c1. The Balaban J connectivity index is 2.99. The van der Waals surface area contributed by atoms with Crippen LogP contribution in [0.4, 0.5) is 0 Å². The summed E-state index contributed by atoms with van der Waals surface area (Å²) in [5.74, 6) is 0.795. The van der Waals surface area contributed by atoms with Crippen molar-refractivity contribution in [3.8, 4) is 5.75 Å². The minimum absolute atomic E-state index is 0.262. The van der Waals surface area contributed by atoms with Gasteiger partial charge in [0, 0.05) is 6.04 Å². The molecule has 0 fully saturated rings. The molecule has 0 aliphatic carbocycles. The second kappa shape index (κ2) is 4.44. The topological polar surface area (TPSA) is 55.5 Å². The van der Waals surface area contributed by atoms with Gasteiger partial charge in [0.2, 0.25) is 0 Å². The van der Waals surface area contributed by atoms with Crippen LogP contribution >= 0.6 is 0 Å². The van der Waals surface area contributed by atoms with Crippen molar-refractivity contribution in [3.05, 3.63) is 29.3 Å². The maximum Gasteiger partial charge on any atom is 0.119 e. The number of aliphatic hydroxyl groups excluding tert-OH is 1. The lowest BCUT2D eigenvalue weighted by Crippen LogP contribution is -2.24. The van der Waals surface area contributed by atoms with E-state index in [0.29, 0.717) is 0 Å².